The van der Waals surface area contributed by atoms with Crippen LogP contribution in [-0.2, 0) is 14.3 Å². The maximum atomic E-state index is 13.3. The number of aliphatic hydroxyl groups excluding tert-OH is 1. The third-order valence-corrected chi connectivity index (χ3v) is 6.81. The normalized spacial score (nSPS) is 19.6. The summed E-state index contributed by atoms with van der Waals surface area (Å²) in [6.07, 6.45) is 5.70. The summed E-state index contributed by atoms with van der Waals surface area (Å²) in [6, 6.07) is 7.96. The molecule has 1 atom stereocenters. The molecular weight excluding hydrogens is 486 g/mol. The van der Waals surface area contributed by atoms with Gasteiger partial charge >= 0.3 is 0 Å². The van der Waals surface area contributed by atoms with Crippen molar-refractivity contribution >= 4 is 17.4 Å². The van der Waals surface area contributed by atoms with Crippen molar-refractivity contribution in [1.82, 2.24) is 14.8 Å². The number of Topliss-reactive ketones (excluding diaryl/α,β-unsaturated/α-hetero) is 1. The zero-order chi connectivity index (χ0) is 26.9. The number of nitrogens with zero attached hydrogens (tertiary/aromatic N) is 3. The number of hydrogen-bond donors (Lipinski definition) is 1. The number of carbonyl (C=O) groups is 2. The molecular formula is C29H37N3O6. The molecule has 2 aromatic rings. The van der Waals surface area contributed by atoms with E-state index in [4.69, 9.17) is 14.2 Å². The number of hydrogen-bond acceptors (Lipinski definition) is 8. The van der Waals surface area contributed by atoms with E-state index in [0.29, 0.717) is 62.0 Å². The zero-order valence-electron chi connectivity index (χ0n) is 22.2. The molecule has 2 fully saturated rings. The number of rotatable bonds is 12. The lowest BCUT2D eigenvalue weighted by Crippen LogP contribution is -2.39. The Hall–Kier alpha value is -3.43. The number of ether oxygens (including phenoxy) is 3. The van der Waals surface area contributed by atoms with Crippen LogP contribution in [0.1, 0.15) is 50.3 Å². The molecule has 38 heavy (non-hydrogen) atoms. The van der Waals surface area contributed by atoms with Crippen molar-refractivity contribution in [3.8, 4) is 11.5 Å². The van der Waals surface area contributed by atoms with Gasteiger partial charge in [0, 0.05) is 44.1 Å². The van der Waals surface area contributed by atoms with Gasteiger partial charge in [-0.15, -0.1) is 0 Å². The molecule has 0 spiro atoms. The zero-order valence-corrected chi connectivity index (χ0v) is 22.2. The van der Waals surface area contributed by atoms with Gasteiger partial charge < -0.3 is 24.2 Å². The maximum absolute atomic E-state index is 13.3. The Morgan fingerprint density at radius 3 is 2.50 bits per heavy atom. The average molecular weight is 524 g/mol. The van der Waals surface area contributed by atoms with E-state index in [1.165, 1.54) is 12.4 Å². The first-order valence-corrected chi connectivity index (χ1v) is 13.4. The lowest BCUT2D eigenvalue weighted by molar-refractivity contribution is -0.140. The number of morpholine rings is 1. The number of carbonyl (C=O) groups excluding carboxylic acids is 2. The summed E-state index contributed by atoms with van der Waals surface area (Å²) < 4.78 is 17.2. The Labute approximate surface area is 224 Å². The van der Waals surface area contributed by atoms with Gasteiger partial charge in [0.05, 0.1) is 38.0 Å². The maximum Gasteiger partial charge on any atom is 0.295 e. The molecule has 1 N–H and O–H groups in total. The summed E-state index contributed by atoms with van der Waals surface area (Å²) in [6.45, 7) is 9.25. The number of likely N-dealkylation sites (tertiary alicyclic amines) is 1. The second-order valence-electron chi connectivity index (χ2n) is 9.38. The molecule has 2 saturated heterocycles. The molecule has 1 unspecified atom stereocenters. The Morgan fingerprint density at radius 2 is 1.79 bits per heavy atom. The Kier molecular flexibility index (Phi) is 9.73. The van der Waals surface area contributed by atoms with Crippen LogP contribution < -0.4 is 9.47 Å². The van der Waals surface area contributed by atoms with Gasteiger partial charge in [-0.25, -0.2) is 0 Å². The van der Waals surface area contributed by atoms with Crippen molar-refractivity contribution in [2.45, 2.75) is 39.2 Å². The molecule has 0 bridgehead atoms. The van der Waals surface area contributed by atoms with E-state index >= 15 is 0 Å². The molecule has 9 heteroatoms. The highest BCUT2D eigenvalue weighted by Crippen LogP contribution is 2.42. The van der Waals surface area contributed by atoms with E-state index < -0.39 is 17.7 Å². The molecule has 0 saturated carbocycles. The summed E-state index contributed by atoms with van der Waals surface area (Å²) in [4.78, 5) is 34.5. The lowest BCUT2D eigenvalue weighted by atomic mass is 9.95. The Balaban J connectivity index is 1.69. The van der Waals surface area contributed by atoms with Gasteiger partial charge in [-0.05, 0) is 49.6 Å². The lowest BCUT2D eigenvalue weighted by Gasteiger charge is -2.29. The second-order valence-corrected chi connectivity index (χ2v) is 9.38. The van der Waals surface area contributed by atoms with E-state index in [9.17, 15) is 14.7 Å². The van der Waals surface area contributed by atoms with Gasteiger partial charge in [0.15, 0.2) is 11.5 Å². The fourth-order valence-electron chi connectivity index (χ4n) is 4.82. The first kappa shape index (κ1) is 27.6. The van der Waals surface area contributed by atoms with Crippen LogP contribution in [0.15, 0.2) is 48.3 Å². The third-order valence-electron chi connectivity index (χ3n) is 6.81. The minimum absolute atomic E-state index is 0.0645. The largest absolute Gasteiger partial charge is 0.507 e. The fourth-order valence-corrected chi connectivity index (χ4v) is 4.82. The molecule has 1 aromatic heterocycles. The molecule has 2 aliphatic heterocycles. The van der Waals surface area contributed by atoms with Crippen LogP contribution in [0.3, 0.4) is 0 Å². The molecule has 1 amide bonds. The van der Waals surface area contributed by atoms with Gasteiger partial charge in [0.2, 0.25) is 0 Å². The number of unbranched alkanes of at least 4 members (excludes halogenated alkanes) is 1. The van der Waals surface area contributed by atoms with Crippen molar-refractivity contribution in [2.75, 3.05) is 52.6 Å². The standard InChI is InChI=1S/C29H37N3O6/c1-3-5-17-38-23-8-7-22(20-24(23)37-4-2)26-25(27(33)21-9-11-30-12-10-21)28(34)29(35)32(26)14-6-13-31-15-18-36-19-16-31/h7-12,20,26,33H,3-6,13-19H2,1-2H3/b27-25+. The van der Waals surface area contributed by atoms with Crippen LogP contribution in [-0.4, -0.2) is 84.2 Å². The number of benzene rings is 1. The summed E-state index contributed by atoms with van der Waals surface area (Å²) in [7, 11) is 0. The molecule has 2 aliphatic rings. The van der Waals surface area contributed by atoms with E-state index in [0.717, 1.165) is 32.5 Å². The molecule has 0 radical (unpaired) electrons. The number of pyridine rings is 1. The molecule has 1 aromatic carbocycles. The molecule has 0 aliphatic carbocycles. The SMILES string of the molecule is CCCCOc1ccc(C2/C(=C(\O)c3ccncc3)C(=O)C(=O)N2CCCN2CCOCC2)cc1OCC. The van der Waals surface area contributed by atoms with Crippen molar-refractivity contribution in [3.05, 3.63) is 59.4 Å². The molecule has 3 heterocycles. The number of aliphatic hydroxyl groups is 1. The van der Waals surface area contributed by atoms with Crippen LogP contribution in [0.2, 0.25) is 0 Å². The Bertz CT molecular complexity index is 1130. The molecule has 9 nitrogen and oxygen atoms in total. The van der Waals surface area contributed by atoms with Gasteiger partial charge in [-0.2, -0.15) is 0 Å². The van der Waals surface area contributed by atoms with Crippen LogP contribution in [0.25, 0.3) is 5.76 Å². The van der Waals surface area contributed by atoms with E-state index in [-0.39, 0.29) is 11.3 Å². The highest BCUT2D eigenvalue weighted by atomic mass is 16.5. The van der Waals surface area contributed by atoms with Crippen molar-refractivity contribution in [3.63, 3.8) is 0 Å². The van der Waals surface area contributed by atoms with E-state index in [2.05, 4.69) is 16.8 Å². The third kappa shape index (κ3) is 6.34. The predicted octanol–water partition coefficient (Wildman–Crippen LogP) is 3.80. The summed E-state index contributed by atoms with van der Waals surface area (Å²) in [5, 5.41) is 11.2. The Morgan fingerprint density at radius 1 is 1.03 bits per heavy atom. The van der Waals surface area contributed by atoms with Gasteiger partial charge in [0.25, 0.3) is 11.7 Å². The molecule has 204 valence electrons. The van der Waals surface area contributed by atoms with E-state index in [1.807, 2.05) is 25.1 Å². The van der Waals surface area contributed by atoms with Gasteiger partial charge in [-0.1, -0.05) is 19.4 Å². The monoisotopic (exact) mass is 523 g/mol. The van der Waals surface area contributed by atoms with Gasteiger partial charge in [0.1, 0.15) is 5.76 Å². The van der Waals surface area contributed by atoms with Crippen LogP contribution >= 0.6 is 0 Å². The van der Waals surface area contributed by atoms with Crippen LogP contribution in [0.4, 0.5) is 0 Å². The number of aromatic nitrogens is 1. The minimum Gasteiger partial charge on any atom is -0.507 e. The van der Waals surface area contributed by atoms with Crippen molar-refractivity contribution < 1.29 is 28.9 Å². The molecule has 4 rings (SSSR count). The second kappa shape index (κ2) is 13.4. The highest BCUT2D eigenvalue weighted by Gasteiger charge is 2.46. The minimum atomic E-state index is -0.753. The van der Waals surface area contributed by atoms with Crippen LogP contribution in [0.5, 0.6) is 11.5 Å². The number of ketones is 1. The predicted molar refractivity (Wildman–Crippen MR) is 143 cm³/mol. The summed E-state index contributed by atoms with van der Waals surface area (Å²) in [5.74, 6) is -0.371. The fraction of sp³-hybridized carbons (Fsp3) is 0.483. The first-order chi connectivity index (χ1) is 18.5. The topological polar surface area (TPSA) is 101 Å². The summed E-state index contributed by atoms with van der Waals surface area (Å²) >= 11 is 0. The quantitative estimate of drug-likeness (QED) is 0.194. The summed E-state index contributed by atoms with van der Waals surface area (Å²) in [5.41, 5.74) is 1.17. The van der Waals surface area contributed by atoms with Crippen molar-refractivity contribution in [1.29, 1.82) is 0 Å². The number of amides is 1. The highest BCUT2D eigenvalue weighted by molar-refractivity contribution is 6.46. The first-order valence-electron chi connectivity index (χ1n) is 13.4. The van der Waals surface area contributed by atoms with Crippen LogP contribution in [0, 0.1) is 0 Å². The van der Waals surface area contributed by atoms with Crippen molar-refractivity contribution in [2.24, 2.45) is 0 Å². The van der Waals surface area contributed by atoms with Gasteiger partial charge in [-0.3, -0.25) is 19.5 Å². The average Bonchev–Trinajstić information content (AvgIpc) is 3.20. The smallest absolute Gasteiger partial charge is 0.295 e. The van der Waals surface area contributed by atoms with E-state index in [1.54, 1.807) is 17.0 Å².